The topological polar surface area (TPSA) is 68.7 Å². The van der Waals surface area contributed by atoms with E-state index in [9.17, 15) is 9.90 Å². The maximum Gasteiger partial charge on any atom is 0.338 e. The Kier molecular flexibility index (Phi) is 4.03. The van der Waals surface area contributed by atoms with Gasteiger partial charge < -0.3 is 14.6 Å². The molecule has 0 amide bonds. The van der Waals surface area contributed by atoms with Crippen LogP contribution in [0.2, 0.25) is 0 Å². The summed E-state index contributed by atoms with van der Waals surface area (Å²) in [6.07, 6.45) is 5.31. The van der Waals surface area contributed by atoms with E-state index in [0.717, 1.165) is 29.7 Å². The van der Waals surface area contributed by atoms with Crippen LogP contribution >= 0.6 is 0 Å². The van der Waals surface area contributed by atoms with E-state index in [1.807, 2.05) is 6.08 Å². The van der Waals surface area contributed by atoms with Crippen LogP contribution in [0.4, 0.5) is 0 Å². The zero-order valence-corrected chi connectivity index (χ0v) is 12.0. The first-order valence-electron chi connectivity index (χ1n) is 7.23. The Bertz CT molecular complexity index is 576. The molecule has 1 aromatic rings. The highest BCUT2D eigenvalue weighted by Gasteiger charge is 2.30. The summed E-state index contributed by atoms with van der Waals surface area (Å²) in [6, 6.07) is 1.67. The Morgan fingerprint density at radius 2 is 2.24 bits per heavy atom. The number of hydrogen-bond donors (Lipinski definition) is 1. The molecule has 1 unspecified atom stereocenters. The largest absolute Gasteiger partial charge is 0.465 e. The van der Waals surface area contributed by atoms with Gasteiger partial charge in [0.25, 0.3) is 0 Å². The van der Waals surface area contributed by atoms with Crippen molar-refractivity contribution < 1.29 is 19.4 Å². The first-order chi connectivity index (χ1) is 10.2. The standard InChI is InChI=1S/C16H19NO4/c1-20-16(19)12-2-5-17-14-9-11(8-13(12)14)15(18)10-3-6-21-7-4-10/h2,5,9-10,15,18H,3-4,6-8H2,1H3. The van der Waals surface area contributed by atoms with Gasteiger partial charge in [-0.25, -0.2) is 4.79 Å². The third-order valence-corrected chi connectivity index (χ3v) is 4.29. The van der Waals surface area contributed by atoms with E-state index >= 15 is 0 Å². The number of pyridine rings is 1. The lowest BCUT2D eigenvalue weighted by atomic mass is 9.88. The maximum absolute atomic E-state index is 11.8. The average molecular weight is 289 g/mol. The molecule has 1 saturated heterocycles. The Balaban J connectivity index is 1.81. The molecule has 1 aliphatic heterocycles. The molecule has 2 heterocycles. The summed E-state index contributed by atoms with van der Waals surface area (Å²) in [7, 11) is 1.37. The minimum Gasteiger partial charge on any atom is -0.465 e. The van der Waals surface area contributed by atoms with Crippen LogP contribution in [0.25, 0.3) is 6.08 Å². The summed E-state index contributed by atoms with van der Waals surface area (Å²) in [5, 5.41) is 10.6. The average Bonchev–Trinajstić information content (AvgIpc) is 2.98. The molecule has 21 heavy (non-hydrogen) atoms. The number of carbonyl (C=O) groups excluding carboxylic acids is 1. The highest BCUT2D eigenvalue weighted by molar-refractivity contribution is 5.92. The predicted octanol–water partition coefficient (Wildman–Crippen LogP) is 1.60. The van der Waals surface area contributed by atoms with Gasteiger partial charge in [-0.15, -0.1) is 0 Å². The van der Waals surface area contributed by atoms with Gasteiger partial charge in [-0.2, -0.15) is 0 Å². The summed E-state index contributed by atoms with van der Waals surface area (Å²) < 4.78 is 10.1. The van der Waals surface area contributed by atoms with Crippen molar-refractivity contribution in [1.29, 1.82) is 0 Å². The maximum atomic E-state index is 11.8. The van der Waals surface area contributed by atoms with Gasteiger partial charge in [-0.1, -0.05) is 0 Å². The first kappa shape index (κ1) is 14.2. The molecular weight excluding hydrogens is 270 g/mol. The molecule has 5 nitrogen and oxygen atoms in total. The second kappa shape index (κ2) is 5.95. The number of ether oxygens (including phenoxy) is 2. The molecule has 2 aliphatic rings. The zero-order valence-electron chi connectivity index (χ0n) is 12.0. The van der Waals surface area contributed by atoms with E-state index in [-0.39, 0.29) is 11.9 Å². The van der Waals surface area contributed by atoms with E-state index in [2.05, 4.69) is 4.98 Å². The van der Waals surface area contributed by atoms with Gasteiger partial charge in [0.15, 0.2) is 0 Å². The summed E-state index contributed by atoms with van der Waals surface area (Å²) in [6.45, 7) is 1.40. The molecule has 1 aliphatic carbocycles. The second-order valence-corrected chi connectivity index (χ2v) is 5.50. The lowest BCUT2D eigenvalue weighted by Crippen LogP contribution is -2.28. The van der Waals surface area contributed by atoms with Crippen molar-refractivity contribution in [3.8, 4) is 0 Å². The number of aliphatic hydroxyl groups is 1. The molecule has 1 fully saturated rings. The van der Waals surface area contributed by atoms with Crippen LogP contribution in [0.5, 0.6) is 0 Å². The van der Waals surface area contributed by atoms with Crippen LogP contribution in [-0.2, 0) is 15.9 Å². The van der Waals surface area contributed by atoms with Gasteiger partial charge in [0.1, 0.15) is 0 Å². The lowest BCUT2D eigenvalue weighted by molar-refractivity contribution is 0.0209. The second-order valence-electron chi connectivity index (χ2n) is 5.50. The molecule has 5 heteroatoms. The van der Waals surface area contributed by atoms with Crippen LogP contribution in [0.3, 0.4) is 0 Å². The number of esters is 1. The summed E-state index contributed by atoms with van der Waals surface area (Å²) >= 11 is 0. The zero-order chi connectivity index (χ0) is 14.8. The van der Waals surface area contributed by atoms with Crippen LogP contribution in [0, 0.1) is 5.92 Å². The van der Waals surface area contributed by atoms with Crippen LogP contribution in [0.1, 0.15) is 34.5 Å². The third-order valence-electron chi connectivity index (χ3n) is 4.29. The van der Waals surface area contributed by atoms with Gasteiger partial charge in [0.05, 0.1) is 24.5 Å². The molecule has 1 aromatic heterocycles. The van der Waals surface area contributed by atoms with Crippen molar-refractivity contribution in [3.63, 3.8) is 0 Å². The van der Waals surface area contributed by atoms with E-state index in [4.69, 9.17) is 9.47 Å². The molecule has 3 rings (SSSR count). The van der Waals surface area contributed by atoms with E-state index in [1.54, 1.807) is 12.3 Å². The van der Waals surface area contributed by atoms with Gasteiger partial charge in [0.2, 0.25) is 0 Å². The van der Waals surface area contributed by atoms with Crippen LogP contribution in [0.15, 0.2) is 17.8 Å². The number of nitrogens with zero attached hydrogens (tertiary/aromatic N) is 1. The predicted molar refractivity (Wildman–Crippen MR) is 76.8 cm³/mol. The quantitative estimate of drug-likeness (QED) is 0.856. The van der Waals surface area contributed by atoms with Crippen LogP contribution < -0.4 is 0 Å². The van der Waals surface area contributed by atoms with E-state index in [0.29, 0.717) is 25.2 Å². The Hall–Kier alpha value is -1.72. The summed E-state index contributed by atoms with van der Waals surface area (Å²) in [4.78, 5) is 16.1. The molecule has 0 bridgehead atoms. The van der Waals surface area contributed by atoms with Crippen molar-refractivity contribution in [3.05, 3.63) is 34.7 Å². The number of rotatable bonds is 3. The molecule has 1 atom stereocenters. The fraction of sp³-hybridized carbons (Fsp3) is 0.500. The monoisotopic (exact) mass is 289 g/mol. The minimum atomic E-state index is -0.492. The highest BCUT2D eigenvalue weighted by Crippen LogP contribution is 2.33. The minimum absolute atomic E-state index is 0.223. The Morgan fingerprint density at radius 1 is 1.48 bits per heavy atom. The fourth-order valence-corrected chi connectivity index (χ4v) is 3.07. The molecule has 0 aromatic carbocycles. The van der Waals surface area contributed by atoms with E-state index < -0.39 is 6.10 Å². The molecule has 112 valence electrons. The molecule has 0 saturated carbocycles. The third kappa shape index (κ3) is 2.71. The first-order valence-corrected chi connectivity index (χ1v) is 7.23. The normalized spacial score (nSPS) is 19.8. The van der Waals surface area contributed by atoms with E-state index in [1.165, 1.54) is 7.11 Å². The van der Waals surface area contributed by atoms with Crippen molar-refractivity contribution >= 4 is 12.0 Å². The van der Waals surface area contributed by atoms with Crippen molar-refractivity contribution in [1.82, 2.24) is 4.98 Å². The van der Waals surface area contributed by atoms with Gasteiger partial charge in [0, 0.05) is 19.4 Å². The van der Waals surface area contributed by atoms with Gasteiger partial charge in [-0.3, -0.25) is 4.98 Å². The van der Waals surface area contributed by atoms with Crippen LogP contribution in [-0.4, -0.2) is 42.5 Å². The van der Waals surface area contributed by atoms with Crippen molar-refractivity contribution in [2.75, 3.05) is 20.3 Å². The van der Waals surface area contributed by atoms with Gasteiger partial charge in [-0.05, 0) is 48.5 Å². The molecular formula is C16H19NO4. The number of aromatic nitrogens is 1. The molecule has 1 N–H and O–H groups in total. The number of carbonyl (C=O) groups is 1. The van der Waals surface area contributed by atoms with Crippen molar-refractivity contribution in [2.24, 2.45) is 5.92 Å². The Labute approximate surface area is 123 Å². The van der Waals surface area contributed by atoms with Crippen molar-refractivity contribution in [2.45, 2.75) is 25.4 Å². The molecule has 0 radical (unpaired) electrons. The highest BCUT2D eigenvalue weighted by atomic mass is 16.5. The summed E-state index contributed by atoms with van der Waals surface area (Å²) in [5.41, 5.74) is 3.08. The molecule has 0 spiro atoms. The number of hydrogen-bond acceptors (Lipinski definition) is 5. The van der Waals surface area contributed by atoms with Gasteiger partial charge >= 0.3 is 5.97 Å². The lowest BCUT2D eigenvalue weighted by Gasteiger charge is -2.27. The fourth-order valence-electron chi connectivity index (χ4n) is 3.07. The Morgan fingerprint density at radius 3 is 2.95 bits per heavy atom. The number of aliphatic hydroxyl groups excluding tert-OH is 1. The smallest absolute Gasteiger partial charge is 0.338 e. The summed E-state index contributed by atoms with van der Waals surface area (Å²) in [5.74, 6) is -0.134. The number of fused-ring (bicyclic) bond motifs is 1. The SMILES string of the molecule is COC(=O)c1ccnc2c1CC(C(O)C1CCOCC1)=C2. The number of methoxy groups -OCH3 is 1.